The first-order chi connectivity index (χ1) is 9.78. The van der Waals surface area contributed by atoms with Crippen molar-refractivity contribution in [1.82, 2.24) is 0 Å². The van der Waals surface area contributed by atoms with Crippen molar-refractivity contribution in [2.45, 2.75) is 12.5 Å². The minimum Gasteiger partial charge on any atom is -0.497 e. The number of hydrogen-bond donors (Lipinski definition) is 0. The summed E-state index contributed by atoms with van der Waals surface area (Å²) in [7, 11) is 3.19. The number of ether oxygens (including phenoxy) is 2. The molecule has 0 aliphatic rings. The molecule has 1 unspecified atom stereocenters. The monoisotopic (exact) mass is 273 g/mol. The second kappa shape index (κ2) is 6.93. The van der Waals surface area contributed by atoms with Crippen LogP contribution in [0.5, 0.6) is 11.5 Å². The summed E-state index contributed by atoms with van der Waals surface area (Å²) in [5.74, 6) is 1.40. The van der Waals surface area contributed by atoms with Crippen molar-refractivity contribution in [2.24, 2.45) is 0 Å². The van der Waals surface area contributed by atoms with Gasteiger partial charge in [0, 0.05) is 12.5 Å². The van der Waals surface area contributed by atoms with Gasteiger partial charge >= 0.3 is 0 Å². The highest BCUT2D eigenvalue weighted by atomic mass is 17.1. The SMILES string of the molecule is COc1ccc(CC(O[O])c2ccccc2)c(OC)c1. The van der Waals surface area contributed by atoms with Gasteiger partial charge in [-0.05, 0) is 22.5 Å². The third-order valence-corrected chi connectivity index (χ3v) is 3.19. The molecule has 2 aromatic carbocycles. The Labute approximate surface area is 118 Å². The number of rotatable bonds is 6. The molecule has 0 aliphatic heterocycles. The third kappa shape index (κ3) is 3.29. The molecule has 20 heavy (non-hydrogen) atoms. The first kappa shape index (κ1) is 14.4. The van der Waals surface area contributed by atoms with Crippen molar-refractivity contribution >= 4 is 0 Å². The summed E-state index contributed by atoms with van der Waals surface area (Å²) in [6, 6.07) is 14.9. The third-order valence-electron chi connectivity index (χ3n) is 3.19. The molecule has 0 spiro atoms. The minimum atomic E-state index is -0.543. The Balaban J connectivity index is 2.23. The van der Waals surface area contributed by atoms with Crippen LogP contribution in [-0.2, 0) is 16.6 Å². The summed E-state index contributed by atoms with van der Waals surface area (Å²) in [5, 5.41) is 11.0. The lowest BCUT2D eigenvalue weighted by atomic mass is 10.0. The van der Waals surface area contributed by atoms with Crippen molar-refractivity contribution in [1.29, 1.82) is 0 Å². The molecule has 1 radical (unpaired) electrons. The minimum absolute atomic E-state index is 0.445. The van der Waals surface area contributed by atoms with E-state index in [-0.39, 0.29) is 0 Å². The maximum absolute atomic E-state index is 11.0. The maximum Gasteiger partial charge on any atom is 0.125 e. The van der Waals surface area contributed by atoms with Crippen molar-refractivity contribution in [2.75, 3.05) is 14.2 Å². The van der Waals surface area contributed by atoms with Crippen LogP contribution in [0.4, 0.5) is 0 Å². The summed E-state index contributed by atoms with van der Waals surface area (Å²) in [4.78, 5) is 4.36. The molecule has 2 rings (SSSR count). The van der Waals surface area contributed by atoms with Gasteiger partial charge < -0.3 is 9.47 Å². The second-order valence-electron chi connectivity index (χ2n) is 4.38. The Hall–Kier alpha value is -2.04. The van der Waals surface area contributed by atoms with E-state index in [1.54, 1.807) is 20.3 Å². The van der Waals surface area contributed by atoms with Crippen LogP contribution in [0.25, 0.3) is 0 Å². The molecule has 0 N–H and O–H groups in total. The zero-order valence-corrected chi connectivity index (χ0v) is 11.5. The first-order valence-corrected chi connectivity index (χ1v) is 6.33. The molecule has 105 valence electrons. The van der Waals surface area contributed by atoms with Gasteiger partial charge in [-0.3, -0.25) is 0 Å². The quantitative estimate of drug-likeness (QED) is 0.599. The van der Waals surface area contributed by atoms with Gasteiger partial charge in [-0.1, -0.05) is 36.4 Å². The van der Waals surface area contributed by atoms with E-state index in [4.69, 9.17) is 9.47 Å². The fraction of sp³-hybridized carbons (Fsp3) is 0.250. The van der Waals surface area contributed by atoms with E-state index in [2.05, 4.69) is 4.89 Å². The van der Waals surface area contributed by atoms with Crippen LogP contribution in [0.2, 0.25) is 0 Å². The van der Waals surface area contributed by atoms with E-state index in [1.807, 2.05) is 42.5 Å². The molecule has 0 bridgehead atoms. The van der Waals surface area contributed by atoms with E-state index >= 15 is 0 Å². The normalized spacial score (nSPS) is 11.9. The standard InChI is InChI=1S/C16H17O4/c1-18-14-9-8-13(15(11-14)19-2)10-16(20-17)12-6-4-3-5-7-12/h3-9,11,16H,10H2,1-2H3. The van der Waals surface area contributed by atoms with Gasteiger partial charge in [0.2, 0.25) is 0 Å². The molecule has 4 nitrogen and oxygen atoms in total. The summed E-state index contributed by atoms with van der Waals surface area (Å²) in [5.41, 5.74) is 1.75. The maximum atomic E-state index is 11.0. The van der Waals surface area contributed by atoms with Gasteiger partial charge in [-0.2, -0.15) is 4.89 Å². The van der Waals surface area contributed by atoms with E-state index < -0.39 is 6.10 Å². The first-order valence-electron chi connectivity index (χ1n) is 6.33. The average Bonchev–Trinajstić information content (AvgIpc) is 2.53. The van der Waals surface area contributed by atoms with Crippen LogP contribution < -0.4 is 9.47 Å². The van der Waals surface area contributed by atoms with Crippen LogP contribution in [0.3, 0.4) is 0 Å². The van der Waals surface area contributed by atoms with Gasteiger partial charge in [-0.25, -0.2) is 0 Å². The highest BCUT2D eigenvalue weighted by molar-refractivity contribution is 5.41. The van der Waals surface area contributed by atoms with Crippen LogP contribution in [0, 0.1) is 0 Å². The smallest absolute Gasteiger partial charge is 0.125 e. The fourth-order valence-electron chi connectivity index (χ4n) is 2.10. The van der Waals surface area contributed by atoms with E-state index in [1.165, 1.54) is 0 Å². The van der Waals surface area contributed by atoms with Crippen LogP contribution in [0.1, 0.15) is 17.2 Å². The zero-order valence-electron chi connectivity index (χ0n) is 11.5. The van der Waals surface area contributed by atoms with Gasteiger partial charge in [-0.15, -0.1) is 0 Å². The zero-order chi connectivity index (χ0) is 14.4. The predicted octanol–water partition coefficient (Wildman–Crippen LogP) is 3.35. The lowest BCUT2D eigenvalue weighted by Gasteiger charge is -2.15. The molecule has 0 saturated carbocycles. The molecular weight excluding hydrogens is 256 g/mol. The lowest BCUT2D eigenvalue weighted by molar-refractivity contribution is -0.338. The molecule has 0 fully saturated rings. The van der Waals surface area contributed by atoms with Gasteiger partial charge in [0.1, 0.15) is 17.6 Å². The summed E-state index contributed by atoms with van der Waals surface area (Å²) >= 11 is 0. The Bertz CT molecular complexity index is 539. The Morgan fingerprint density at radius 2 is 1.75 bits per heavy atom. The van der Waals surface area contributed by atoms with Gasteiger partial charge in [0.05, 0.1) is 14.2 Å². The highest BCUT2D eigenvalue weighted by Crippen LogP contribution is 2.30. The van der Waals surface area contributed by atoms with Crippen molar-refractivity contribution in [3.63, 3.8) is 0 Å². The average molecular weight is 273 g/mol. The van der Waals surface area contributed by atoms with Crippen LogP contribution in [-0.4, -0.2) is 14.2 Å². The van der Waals surface area contributed by atoms with E-state index in [0.717, 1.165) is 11.1 Å². The molecule has 0 aliphatic carbocycles. The van der Waals surface area contributed by atoms with Crippen molar-refractivity contribution in [3.8, 4) is 11.5 Å². The molecule has 4 heteroatoms. The molecule has 0 heterocycles. The molecule has 0 amide bonds. The fourth-order valence-corrected chi connectivity index (χ4v) is 2.10. The van der Waals surface area contributed by atoms with E-state index in [0.29, 0.717) is 17.9 Å². The highest BCUT2D eigenvalue weighted by Gasteiger charge is 2.16. The molecule has 0 saturated heterocycles. The number of methoxy groups -OCH3 is 2. The largest absolute Gasteiger partial charge is 0.497 e. The number of hydrogen-bond acceptors (Lipinski definition) is 3. The Kier molecular flexibility index (Phi) is 4.98. The lowest BCUT2D eigenvalue weighted by Crippen LogP contribution is -2.06. The summed E-state index contributed by atoms with van der Waals surface area (Å²) < 4.78 is 10.5. The predicted molar refractivity (Wildman–Crippen MR) is 74.2 cm³/mol. The Morgan fingerprint density at radius 3 is 2.35 bits per heavy atom. The molecule has 1 atom stereocenters. The van der Waals surface area contributed by atoms with E-state index in [9.17, 15) is 5.26 Å². The molecule has 0 aromatic heterocycles. The Morgan fingerprint density at radius 1 is 1.00 bits per heavy atom. The van der Waals surface area contributed by atoms with Crippen molar-refractivity contribution in [3.05, 3.63) is 59.7 Å². The molecular formula is C16H17O4. The van der Waals surface area contributed by atoms with Gasteiger partial charge in [0.25, 0.3) is 0 Å². The molecule has 2 aromatic rings. The van der Waals surface area contributed by atoms with Crippen molar-refractivity contribution < 1.29 is 19.6 Å². The number of benzene rings is 2. The van der Waals surface area contributed by atoms with Crippen LogP contribution >= 0.6 is 0 Å². The van der Waals surface area contributed by atoms with Crippen LogP contribution in [0.15, 0.2) is 48.5 Å². The summed E-state index contributed by atoms with van der Waals surface area (Å²) in [6.07, 6.45) is -0.0979. The topological polar surface area (TPSA) is 47.6 Å². The van der Waals surface area contributed by atoms with Gasteiger partial charge in [0.15, 0.2) is 0 Å². The summed E-state index contributed by atoms with van der Waals surface area (Å²) in [6.45, 7) is 0. The second-order valence-corrected chi connectivity index (χ2v) is 4.38.